The largest absolute Gasteiger partial charge is 0.468 e. The van der Waals surface area contributed by atoms with E-state index in [1.807, 2.05) is 0 Å². The van der Waals surface area contributed by atoms with Gasteiger partial charge in [-0.1, -0.05) is 6.07 Å². The van der Waals surface area contributed by atoms with Gasteiger partial charge in [0.15, 0.2) is 0 Å². The second kappa shape index (κ2) is 6.61. The molecule has 7 heteroatoms. The number of nitro groups is 1. The molecule has 0 unspecified atom stereocenters. The number of ether oxygens (including phenoxy) is 1. The molecule has 0 saturated heterocycles. The van der Waals surface area contributed by atoms with Crippen LogP contribution in [0.4, 0.5) is 5.69 Å². The first-order valence-corrected chi connectivity index (χ1v) is 6.56. The highest BCUT2D eigenvalue weighted by Gasteiger charge is 2.12. The van der Waals surface area contributed by atoms with Gasteiger partial charge >= 0.3 is 5.97 Å². The van der Waals surface area contributed by atoms with E-state index >= 15 is 0 Å². The number of carbonyl (C=O) groups excluding carboxylic acids is 1. The van der Waals surface area contributed by atoms with E-state index in [4.69, 9.17) is 0 Å². The minimum absolute atomic E-state index is 0.0289. The quantitative estimate of drug-likeness (QED) is 0.474. The molecule has 0 aliphatic carbocycles. The van der Waals surface area contributed by atoms with Crippen molar-refractivity contribution in [2.45, 2.75) is 5.75 Å². The van der Waals surface area contributed by atoms with E-state index in [2.05, 4.69) is 20.7 Å². The molecule has 0 aromatic heterocycles. The summed E-state index contributed by atoms with van der Waals surface area (Å²) in [6, 6.07) is 4.90. The number of halogens is 1. The molecule has 0 amide bonds. The topological polar surface area (TPSA) is 69.4 Å². The second-order valence-electron chi connectivity index (χ2n) is 3.11. The molecule has 0 aliphatic rings. The van der Waals surface area contributed by atoms with Crippen molar-refractivity contribution >= 4 is 39.3 Å². The molecule has 0 atom stereocenters. The van der Waals surface area contributed by atoms with E-state index in [9.17, 15) is 14.9 Å². The van der Waals surface area contributed by atoms with Gasteiger partial charge in [-0.25, -0.2) is 0 Å². The predicted molar refractivity (Wildman–Crippen MR) is 69.0 cm³/mol. The lowest BCUT2D eigenvalue weighted by Gasteiger charge is -2.02. The van der Waals surface area contributed by atoms with Gasteiger partial charge in [-0.05, 0) is 27.6 Å². The van der Waals surface area contributed by atoms with E-state index in [1.165, 1.54) is 24.9 Å². The Bertz CT molecular complexity index is 438. The third kappa shape index (κ3) is 4.35. The Balaban J connectivity index is 2.63. The van der Waals surface area contributed by atoms with Crippen LogP contribution in [-0.2, 0) is 15.3 Å². The lowest BCUT2D eigenvalue weighted by atomic mass is 10.2. The number of methoxy groups -OCH3 is 1. The summed E-state index contributed by atoms with van der Waals surface area (Å²) in [4.78, 5) is 21.1. The van der Waals surface area contributed by atoms with Gasteiger partial charge in [0, 0.05) is 11.8 Å². The SMILES string of the molecule is COC(=O)CSCc1ccc(Br)c([N+](=O)[O-])c1. The molecule has 0 bridgehead atoms. The maximum absolute atomic E-state index is 10.9. The third-order valence-corrected chi connectivity index (χ3v) is 3.57. The molecule has 5 nitrogen and oxygen atoms in total. The van der Waals surface area contributed by atoms with Crippen LogP contribution in [-0.4, -0.2) is 23.8 Å². The Morgan fingerprint density at radius 2 is 2.29 bits per heavy atom. The summed E-state index contributed by atoms with van der Waals surface area (Å²) >= 11 is 4.46. The molecule has 0 N–H and O–H groups in total. The second-order valence-corrected chi connectivity index (χ2v) is 4.95. The van der Waals surface area contributed by atoms with Gasteiger partial charge in [-0.3, -0.25) is 14.9 Å². The highest BCUT2D eigenvalue weighted by molar-refractivity contribution is 9.10. The molecule has 17 heavy (non-hydrogen) atoms. The van der Waals surface area contributed by atoms with Crippen LogP contribution >= 0.6 is 27.7 Å². The average molecular weight is 320 g/mol. The monoisotopic (exact) mass is 319 g/mol. The molecule has 92 valence electrons. The summed E-state index contributed by atoms with van der Waals surface area (Å²) < 4.78 is 4.94. The maximum atomic E-state index is 10.9. The van der Waals surface area contributed by atoms with E-state index < -0.39 is 4.92 Å². The molecular weight excluding hydrogens is 310 g/mol. The number of benzene rings is 1. The van der Waals surface area contributed by atoms with E-state index in [0.29, 0.717) is 10.2 Å². The highest BCUT2D eigenvalue weighted by atomic mass is 79.9. The van der Waals surface area contributed by atoms with Crippen LogP contribution in [0.25, 0.3) is 0 Å². The zero-order valence-corrected chi connectivity index (χ0v) is 11.4. The zero-order valence-electron chi connectivity index (χ0n) is 9.01. The van der Waals surface area contributed by atoms with Gasteiger partial charge in [0.1, 0.15) is 0 Å². The lowest BCUT2D eigenvalue weighted by molar-refractivity contribution is -0.385. The fourth-order valence-electron chi connectivity index (χ4n) is 1.10. The standard InChI is InChI=1S/C10H10BrNO4S/c1-16-10(13)6-17-5-7-2-3-8(11)9(4-7)12(14)15/h2-4H,5-6H2,1H3. The van der Waals surface area contributed by atoms with Gasteiger partial charge in [0.25, 0.3) is 5.69 Å². The highest BCUT2D eigenvalue weighted by Crippen LogP contribution is 2.27. The van der Waals surface area contributed by atoms with Crippen LogP contribution in [0.1, 0.15) is 5.56 Å². The predicted octanol–water partition coefficient (Wildman–Crippen LogP) is 2.76. The first-order chi connectivity index (χ1) is 8.04. The summed E-state index contributed by atoms with van der Waals surface area (Å²) in [5, 5.41) is 10.7. The normalized spacial score (nSPS) is 10.0. The molecule has 0 radical (unpaired) electrons. The van der Waals surface area contributed by atoms with Crippen LogP contribution < -0.4 is 0 Å². The van der Waals surface area contributed by atoms with E-state index in [-0.39, 0.29) is 17.4 Å². The number of hydrogen-bond acceptors (Lipinski definition) is 5. The minimum atomic E-state index is -0.446. The molecule has 1 rings (SSSR count). The Morgan fingerprint density at radius 1 is 1.59 bits per heavy atom. The van der Waals surface area contributed by atoms with Crippen molar-refractivity contribution in [2.24, 2.45) is 0 Å². The third-order valence-electron chi connectivity index (χ3n) is 1.92. The van der Waals surface area contributed by atoms with Crippen LogP contribution in [0.5, 0.6) is 0 Å². The Kier molecular flexibility index (Phi) is 5.43. The zero-order chi connectivity index (χ0) is 12.8. The fourth-order valence-corrected chi connectivity index (χ4v) is 2.29. The molecular formula is C10H10BrNO4S. The number of esters is 1. The van der Waals surface area contributed by atoms with Crippen LogP contribution in [0.2, 0.25) is 0 Å². The molecule has 0 heterocycles. The van der Waals surface area contributed by atoms with Gasteiger partial charge in [0.2, 0.25) is 0 Å². The summed E-state index contributed by atoms with van der Waals surface area (Å²) in [6.45, 7) is 0. The van der Waals surface area contributed by atoms with Crippen molar-refractivity contribution < 1.29 is 14.5 Å². The number of rotatable bonds is 5. The van der Waals surface area contributed by atoms with Crippen molar-refractivity contribution in [1.82, 2.24) is 0 Å². The number of thioether (sulfide) groups is 1. The number of hydrogen-bond donors (Lipinski definition) is 0. The van der Waals surface area contributed by atoms with Crippen molar-refractivity contribution in [2.75, 3.05) is 12.9 Å². The number of nitro benzene ring substituents is 1. The Labute approximate surface area is 111 Å². The number of carbonyl (C=O) groups is 1. The minimum Gasteiger partial charge on any atom is -0.468 e. The first kappa shape index (κ1) is 14.0. The van der Waals surface area contributed by atoms with Crippen molar-refractivity contribution in [3.63, 3.8) is 0 Å². The molecule has 0 saturated carbocycles. The van der Waals surface area contributed by atoms with Crippen LogP contribution in [0.3, 0.4) is 0 Å². The Hall–Kier alpha value is -1.08. The van der Waals surface area contributed by atoms with E-state index in [0.717, 1.165) is 5.56 Å². The molecule has 0 spiro atoms. The molecule has 0 aliphatic heterocycles. The molecule has 1 aromatic carbocycles. The summed E-state index contributed by atoms with van der Waals surface area (Å²) in [5.74, 6) is 0.463. The lowest BCUT2D eigenvalue weighted by Crippen LogP contribution is -2.03. The van der Waals surface area contributed by atoms with Gasteiger partial charge in [0.05, 0.1) is 22.3 Å². The van der Waals surface area contributed by atoms with Crippen LogP contribution in [0, 0.1) is 10.1 Å². The van der Waals surface area contributed by atoms with Crippen LogP contribution in [0.15, 0.2) is 22.7 Å². The van der Waals surface area contributed by atoms with E-state index in [1.54, 1.807) is 12.1 Å². The van der Waals surface area contributed by atoms with Crippen molar-refractivity contribution in [1.29, 1.82) is 0 Å². The maximum Gasteiger partial charge on any atom is 0.315 e. The van der Waals surface area contributed by atoms with Gasteiger partial charge in [-0.15, -0.1) is 11.8 Å². The van der Waals surface area contributed by atoms with Gasteiger partial charge in [-0.2, -0.15) is 0 Å². The first-order valence-electron chi connectivity index (χ1n) is 4.62. The molecule has 1 aromatic rings. The van der Waals surface area contributed by atoms with Gasteiger partial charge < -0.3 is 4.74 Å². The summed E-state index contributed by atoms with van der Waals surface area (Å²) in [7, 11) is 1.33. The summed E-state index contributed by atoms with van der Waals surface area (Å²) in [5.41, 5.74) is 0.829. The smallest absolute Gasteiger partial charge is 0.315 e. The van der Waals surface area contributed by atoms with Crippen molar-refractivity contribution in [3.05, 3.63) is 38.3 Å². The van der Waals surface area contributed by atoms with Crippen molar-refractivity contribution in [3.8, 4) is 0 Å². The summed E-state index contributed by atoms with van der Waals surface area (Å²) in [6.07, 6.45) is 0. The average Bonchev–Trinajstić information content (AvgIpc) is 2.30. The Morgan fingerprint density at radius 3 is 2.88 bits per heavy atom. The fraction of sp³-hybridized carbons (Fsp3) is 0.300. The number of nitrogens with zero attached hydrogens (tertiary/aromatic N) is 1. The molecule has 0 fully saturated rings.